The third-order valence-electron chi connectivity index (χ3n) is 5.36. The van der Waals surface area contributed by atoms with E-state index in [2.05, 4.69) is 10.3 Å². The molecule has 30 heavy (non-hydrogen) atoms. The van der Waals surface area contributed by atoms with Gasteiger partial charge in [0.05, 0.1) is 16.8 Å². The zero-order chi connectivity index (χ0) is 21.3. The molecule has 2 aromatic carbocycles. The van der Waals surface area contributed by atoms with Crippen LogP contribution in [0.1, 0.15) is 41.0 Å². The van der Waals surface area contributed by atoms with Crippen molar-refractivity contribution in [2.24, 2.45) is 5.92 Å². The molecule has 1 N–H and O–H groups in total. The number of anilines is 1. The first-order valence-electron chi connectivity index (χ1n) is 9.80. The number of hydrogen-bond donors (Lipinski definition) is 1. The van der Waals surface area contributed by atoms with Crippen molar-refractivity contribution < 1.29 is 14.4 Å². The zero-order valence-corrected chi connectivity index (χ0v) is 17.5. The molecule has 0 saturated heterocycles. The molecule has 2 atom stereocenters. The Hall–Kier alpha value is -3.32. The molecule has 0 spiro atoms. The quantitative estimate of drug-likeness (QED) is 0.598. The number of carbonyl (C=O) groups is 3. The Bertz CT molecular complexity index is 1070. The van der Waals surface area contributed by atoms with Gasteiger partial charge in [0.1, 0.15) is 6.04 Å². The van der Waals surface area contributed by atoms with Crippen molar-refractivity contribution in [1.29, 1.82) is 0 Å². The van der Waals surface area contributed by atoms with E-state index < -0.39 is 23.8 Å². The van der Waals surface area contributed by atoms with Crippen molar-refractivity contribution in [3.8, 4) is 11.3 Å². The lowest BCUT2D eigenvalue weighted by Gasteiger charge is -2.29. The summed E-state index contributed by atoms with van der Waals surface area (Å²) in [7, 11) is 0. The number of benzene rings is 2. The Labute approximate surface area is 178 Å². The van der Waals surface area contributed by atoms with Crippen LogP contribution in [0.3, 0.4) is 0 Å². The number of carbonyl (C=O) groups excluding carboxylic acids is 3. The van der Waals surface area contributed by atoms with E-state index in [4.69, 9.17) is 0 Å². The van der Waals surface area contributed by atoms with Crippen molar-refractivity contribution in [2.75, 3.05) is 5.32 Å². The Morgan fingerprint density at radius 3 is 2.23 bits per heavy atom. The fourth-order valence-electron chi connectivity index (χ4n) is 3.57. The number of hydrogen-bond acceptors (Lipinski definition) is 5. The van der Waals surface area contributed by atoms with Crippen LogP contribution in [0.15, 0.2) is 60.0 Å². The van der Waals surface area contributed by atoms with Gasteiger partial charge in [0.25, 0.3) is 11.8 Å². The van der Waals surface area contributed by atoms with Crippen LogP contribution >= 0.6 is 11.3 Å². The van der Waals surface area contributed by atoms with E-state index in [1.807, 2.05) is 49.6 Å². The van der Waals surface area contributed by atoms with Crippen LogP contribution < -0.4 is 5.32 Å². The van der Waals surface area contributed by atoms with Crippen LogP contribution in [0.5, 0.6) is 0 Å². The van der Waals surface area contributed by atoms with Crippen LogP contribution in [-0.4, -0.2) is 33.6 Å². The van der Waals surface area contributed by atoms with Crippen LogP contribution in [-0.2, 0) is 4.79 Å². The topological polar surface area (TPSA) is 79.4 Å². The van der Waals surface area contributed by atoms with Gasteiger partial charge in [0.15, 0.2) is 5.13 Å². The summed E-state index contributed by atoms with van der Waals surface area (Å²) in [4.78, 5) is 44.6. The lowest BCUT2D eigenvalue weighted by Crippen LogP contribution is -2.50. The van der Waals surface area contributed by atoms with E-state index in [0.29, 0.717) is 22.7 Å². The fraction of sp³-hybridized carbons (Fsp3) is 0.217. The minimum atomic E-state index is -0.911. The number of aromatic nitrogens is 1. The molecular weight excluding hydrogens is 398 g/mol. The lowest BCUT2D eigenvalue weighted by atomic mass is 9.96. The molecule has 6 nitrogen and oxygen atoms in total. The molecule has 1 aliphatic heterocycles. The number of amides is 3. The molecular formula is C23H21N3O3S. The van der Waals surface area contributed by atoms with Gasteiger partial charge in [-0.25, -0.2) is 4.98 Å². The molecule has 3 amide bonds. The highest BCUT2D eigenvalue weighted by Gasteiger charge is 2.44. The minimum absolute atomic E-state index is 0.208. The van der Waals surface area contributed by atoms with Crippen LogP contribution in [0, 0.1) is 5.92 Å². The van der Waals surface area contributed by atoms with Crippen LogP contribution in [0.2, 0.25) is 0 Å². The number of imide groups is 1. The second-order valence-corrected chi connectivity index (χ2v) is 8.11. The van der Waals surface area contributed by atoms with Crippen molar-refractivity contribution in [2.45, 2.75) is 26.3 Å². The second-order valence-electron chi connectivity index (χ2n) is 7.25. The molecule has 0 aliphatic carbocycles. The summed E-state index contributed by atoms with van der Waals surface area (Å²) >= 11 is 1.31. The smallest absolute Gasteiger partial charge is 0.262 e. The molecule has 7 heteroatoms. The van der Waals surface area contributed by atoms with Gasteiger partial charge in [-0.05, 0) is 18.1 Å². The van der Waals surface area contributed by atoms with Crippen molar-refractivity contribution in [1.82, 2.24) is 9.88 Å². The van der Waals surface area contributed by atoms with E-state index in [0.717, 1.165) is 16.2 Å². The SMILES string of the molecule is CCC(C)C(C(=O)Nc1nc(-c2ccccc2)cs1)N1C(=O)c2ccccc2C1=O. The minimum Gasteiger partial charge on any atom is -0.300 e. The van der Waals surface area contributed by atoms with Gasteiger partial charge < -0.3 is 5.32 Å². The molecule has 0 saturated carbocycles. The number of thiazole rings is 1. The summed E-state index contributed by atoms with van der Waals surface area (Å²) in [5.41, 5.74) is 2.39. The average molecular weight is 420 g/mol. The summed E-state index contributed by atoms with van der Waals surface area (Å²) in [6.45, 7) is 3.80. The lowest BCUT2D eigenvalue weighted by molar-refractivity contribution is -0.121. The molecule has 3 aromatic rings. The first-order valence-corrected chi connectivity index (χ1v) is 10.7. The molecule has 4 rings (SSSR count). The maximum Gasteiger partial charge on any atom is 0.262 e. The van der Waals surface area contributed by atoms with E-state index in [1.54, 1.807) is 24.3 Å². The third-order valence-corrected chi connectivity index (χ3v) is 6.12. The predicted molar refractivity (Wildman–Crippen MR) is 116 cm³/mol. The van der Waals surface area contributed by atoms with E-state index in [9.17, 15) is 14.4 Å². The van der Waals surface area contributed by atoms with Gasteiger partial charge in [-0.2, -0.15) is 0 Å². The predicted octanol–water partition coefficient (Wildman–Crippen LogP) is 4.46. The van der Waals surface area contributed by atoms with E-state index in [-0.39, 0.29) is 5.92 Å². The van der Waals surface area contributed by atoms with Gasteiger partial charge in [-0.3, -0.25) is 19.3 Å². The second kappa shape index (κ2) is 8.20. The third kappa shape index (κ3) is 3.52. The summed E-state index contributed by atoms with van der Waals surface area (Å²) in [6.07, 6.45) is 0.638. The Morgan fingerprint density at radius 1 is 1.03 bits per heavy atom. The maximum absolute atomic E-state index is 13.2. The molecule has 1 aromatic heterocycles. The standard InChI is InChI=1S/C23H21N3O3S/c1-3-14(2)19(26-21(28)16-11-7-8-12-17(16)22(26)29)20(27)25-23-24-18(13-30-23)15-9-5-4-6-10-15/h4-14,19H,3H2,1-2H3,(H,24,25,27). The zero-order valence-electron chi connectivity index (χ0n) is 16.7. The number of rotatable bonds is 6. The highest BCUT2D eigenvalue weighted by atomic mass is 32.1. The number of nitrogens with one attached hydrogen (secondary N) is 1. The first kappa shape index (κ1) is 20.0. The normalized spacial score (nSPS) is 15.1. The summed E-state index contributed by atoms with van der Waals surface area (Å²) in [6, 6.07) is 15.4. The molecule has 152 valence electrons. The van der Waals surface area contributed by atoms with Crippen LogP contribution in [0.4, 0.5) is 5.13 Å². The summed E-state index contributed by atoms with van der Waals surface area (Å²) in [5.74, 6) is -1.48. The van der Waals surface area contributed by atoms with Gasteiger partial charge in [-0.15, -0.1) is 11.3 Å². The molecule has 2 heterocycles. The van der Waals surface area contributed by atoms with Gasteiger partial charge >= 0.3 is 0 Å². The monoisotopic (exact) mass is 419 g/mol. The van der Waals surface area contributed by atoms with Gasteiger partial charge in [0, 0.05) is 10.9 Å². The van der Waals surface area contributed by atoms with Gasteiger partial charge in [-0.1, -0.05) is 62.7 Å². The summed E-state index contributed by atoms with van der Waals surface area (Å²) < 4.78 is 0. The Kier molecular flexibility index (Phi) is 5.46. The fourth-order valence-corrected chi connectivity index (χ4v) is 4.29. The van der Waals surface area contributed by atoms with Crippen molar-refractivity contribution in [3.63, 3.8) is 0 Å². The Balaban J connectivity index is 1.60. The highest BCUT2D eigenvalue weighted by molar-refractivity contribution is 7.14. The highest BCUT2D eigenvalue weighted by Crippen LogP contribution is 2.30. The number of fused-ring (bicyclic) bond motifs is 1. The first-order chi connectivity index (χ1) is 14.5. The van der Waals surface area contributed by atoms with E-state index in [1.165, 1.54) is 11.3 Å². The molecule has 2 unspecified atom stereocenters. The average Bonchev–Trinajstić information content (AvgIpc) is 3.33. The largest absolute Gasteiger partial charge is 0.300 e. The molecule has 0 fully saturated rings. The van der Waals surface area contributed by atoms with Crippen molar-refractivity contribution >= 4 is 34.2 Å². The number of nitrogens with zero attached hydrogens (tertiary/aromatic N) is 2. The molecule has 0 radical (unpaired) electrons. The van der Waals surface area contributed by atoms with Crippen molar-refractivity contribution in [3.05, 3.63) is 71.1 Å². The molecule has 1 aliphatic rings. The van der Waals surface area contributed by atoms with Gasteiger partial charge in [0.2, 0.25) is 5.91 Å². The summed E-state index contributed by atoms with van der Waals surface area (Å²) in [5, 5.41) is 5.11. The maximum atomic E-state index is 13.2. The Morgan fingerprint density at radius 2 is 1.63 bits per heavy atom. The molecule has 0 bridgehead atoms. The van der Waals surface area contributed by atoms with Crippen LogP contribution in [0.25, 0.3) is 11.3 Å². The van der Waals surface area contributed by atoms with E-state index >= 15 is 0 Å².